The number of amides is 1. The van der Waals surface area contributed by atoms with E-state index >= 15 is 0 Å². The highest BCUT2D eigenvalue weighted by Crippen LogP contribution is 2.28. The Morgan fingerprint density at radius 3 is 2.54 bits per heavy atom. The molecule has 7 heteroatoms. The first-order valence-corrected chi connectivity index (χ1v) is 9.24. The predicted octanol–water partition coefficient (Wildman–Crippen LogP) is 3.62. The van der Waals surface area contributed by atoms with Gasteiger partial charge < -0.3 is 19.7 Å². The van der Waals surface area contributed by atoms with Crippen LogP contribution in [0.15, 0.2) is 48.5 Å². The maximum atomic E-state index is 12.5. The van der Waals surface area contributed by atoms with Gasteiger partial charge in [0.2, 0.25) is 5.91 Å². The summed E-state index contributed by atoms with van der Waals surface area (Å²) in [5, 5.41) is 3.50. The fraction of sp³-hybridized carbons (Fsp3) is 0.238. The molecule has 2 aromatic rings. The summed E-state index contributed by atoms with van der Waals surface area (Å²) in [5.41, 5.74) is 2.62. The molecule has 3 rings (SSSR count). The quantitative estimate of drug-likeness (QED) is 0.613. The number of esters is 1. The van der Waals surface area contributed by atoms with Crippen LogP contribution in [0.4, 0.5) is 11.4 Å². The molecule has 0 aromatic heterocycles. The van der Waals surface area contributed by atoms with Gasteiger partial charge >= 0.3 is 5.97 Å². The van der Waals surface area contributed by atoms with Gasteiger partial charge in [-0.1, -0.05) is 23.7 Å². The number of nitrogens with zero attached hydrogens (tertiary/aromatic N) is 1. The molecule has 1 aliphatic rings. The number of hydrogen-bond donors (Lipinski definition) is 1. The average molecular weight is 401 g/mol. The number of carbonyl (C=O) groups excluding carboxylic acids is 2. The zero-order chi connectivity index (χ0) is 19.9. The van der Waals surface area contributed by atoms with Gasteiger partial charge in [-0.05, 0) is 42.0 Å². The number of methoxy groups -OCH3 is 1. The van der Waals surface area contributed by atoms with Crippen molar-refractivity contribution in [3.05, 3.63) is 64.7 Å². The number of benzene rings is 2. The molecule has 1 heterocycles. The molecule has 2 aromatic carbocycles. The van der Waals surface area contributed by atoms with Crippen LogP contribution >= 0.6 is 11.6 Å². The van der Waals surface area contributed by atoms with Crippen LogP contribution in [0.25, 0.3) is 6.08 Å². The van der Waals surface area contributed by atoms with Crippen molar-refractivity contribution < 1.29 is 19.1 Å². The van der Waals surface area contributed by atoms with Crippen molar-refractivity contribution in [2.45, 2.75) is 0 Å². The summed E-state index contributed by atoms with van der Waals surface area (Å²) in [6, 6.07) is 12.3. The van der Waals surface area contributed by atoms with Crippen LogP contribution in [0.5, 0.6) is 0 Å². The van der Waals surface area contributed by atoms with Gasteiger partial charge in [-0.15, -0.1) is 0 Å². The Morgan fingerprint density at radius 1 is 1.14 bits per heavy atom. The number of hydrogen-bond acceptors (Lipinski definition) is 5. The van der Waals surface area contributed by atoms with Crippen molar-refractivity contribution in [3.8, 4) is 0 Å². The Balaban J connectivity index is 1.81. The molecule has 0 spiro atoms. The zero-order valence-electron chi connectivity index (χ0n) is 15.5. The van der Waals surface area contributed by atoms with Gasteiger partial charge in [0, 0.05) is 24.2 Å². The lowest BCUT2D eigenvalue weighted by molar-refractivity contribution is -0.111. The second-order valence-corrected chi connectivity index (χ2v) is 6.63. The van der Waals surface area contributed by atoms with E-state index in [1.807, 2.05) is 18.2 Å². The van der Waals surface area contributed by atoms with E-state index in [1.165, 1.54) is 13.2 Å². The predicted molar refractivity (Wildman–Crippen MR) is 110 cm³/mol. The van der Waals surface area contributed by atoms with Crippen LogP contribution in [0.2, 0.25) is 5.02 Å². The van der Waals surface area contributed by atoms with Crippen molar-refractivity contribution >= 4 is 40.9 Å². The normalized spacial score (nSPS) is 14.1. The van der Waals surface area contributed by atoms with Crippen LogP contribution < -0.4 is 10.2 Å². The first-order valence-electron chi connectivity index (χ1n) is 8.86. The third-order valence-electron chi connectivity index (χ3n) is 4.32. The Kier molecular flexibility index (Phi) is 6.68. The molecule has 1 aliphatic heterocycles. The summed E-state index contributed by atoms with van der Waals surface area (Å²) in [5.74, 6) is -0.757. The third-order valence-corrected chi connectivity index (χ3v) is 4.58. The fourth-order valence-corrected chi connectivity index (χ4v) is 3.01. The SMILES string of the molecule is COC(=O)c1ccc(N2CCOCC2)c(NC(=O)/C=C/c2ccc(Cl)cc2)c1. The third kappa shape index (κ3) is 5.12. The highest BCUT2D eigenvalue weighted by atomic mass is 35.5. The van der Waals surface area contributed by atoms with E-state index < -0.39 is 5.97 Å². The lowest BCUT2D eigenvalue weighted by Gasteiger charge is -2.30. The number of nitrogens with one attached hydrogen (secondary N) is 1. The lowest BCUT2D eigenvalue weighted by Crippen LogP contribution is -2.36. The highest BCUT2D eigenvalue weighted by molar-refractivity contribution is 6.30. The molecule has 1 fully saturated rings. The van der Waals surface area contributed by atoms with E-state index in [2.05, 4.69) is 10.2 Å². The van der Waals surface area contributed by atoms with E-state index in [4.69, 9.17) is 21.1 Å². The number of morpholine rings is 1. The minimum absolute atomic E-state index is 0.300. The molecular weight excluding hydrogens is 380 g/mol. The molecular formula is C21H21ClN2O4. The molecule has 146 valence electrons. The number of rotatable bonds is 5. The standard InChI is InChI=1S/C21H21ClN2O4/c1-27-21(26)16-5-8-19(24-10-12-28-13-11-24)18(14-16)23-20(25)9-4-15-2-6-17(22)7-3-15/h2-9,14H,10-13H2,1H3,(H,23,25)/b9-4+. The fourth-order valence-electron chi connectivity index (χ4n) is 2.88. The molecule has 0 bridgehead atoms. The summed E-state index contributed by atoms with van der Waals surface area (Å²) in [6.45, 7) is 2.65. The second-order valence-electron chi connectivity index (χ2n) is 6.20. The molecule has 0 unspecified atom stereocenters. The van der Waals surface area contributed by atoms with Gasteiger partial charge in [0.25, 0.3) is 0 Å². The minimum atomic E-state index is -0.458. The van der Waals surface area contributed by atoms with Crippen molar-refractivity contribution in [1.82, 2.24) is 0 Å². The summed E-state index contributed by atoms with van der Waals surface area (Å²) >= 11 is 5.87. The minimum Gasteiger partial charge on any atom is -0.465 e. The number of carbonyl (C=O) groups is 2. The molecule has 0 atom stereocenters. The molecule has 0 saturated carbocycles. The molecule has 6 nitrogen and oxygen atoms in total. The van der Waals surface area contributed by atoms with E-state index in [0.717, 1.165) is 11.3 Å². The van der Waals surface area contributed by atoms with Crippen LogP contribution in [-0.4, -0.2) is 45.3 Å². The summed E-state index contributed by atoms with van der Waals surface area (Å²) < 4.78 is 10.2. The van der Waals surface area contributed by atoms with Crippen LogP contribution in [0, 0.1) is 0 Å². The monoisotopic (exact) mass is 400 g/mol. The zero-order valence-corrected chi connectivity index (χ0v) is 16.2. The van der Waals surface area contributed by atoms with Crippen molar-refractivity contribution in [2.24, 2.45) is 0 Å². The number of halogens is 1. The van der Waals surface area contributed by atoms with Crippen molar-refractivity contribution in [2.75, 3.05) is 43.6 Å². The van der Waals surface area contributed by atoms with Crippen LogP contribution in [0.3, 0.4) is 0 Å². The smallest absolute Gasteiger partial charge is 0.337 e. The maximum Gasteiger partial charge on any atom is 0.337 e. The van der Waals surface area contributed by atoms with Gasteiger partial charge in [-0.25, -0.2) is 4.79 Å². The highest BCUT2D eigenvalue weighted by Gasteiger charge is 2.18. The van der Waals surface area contributed by atoms with Gasteiger partial charge in [-0.3, -0.25) is 4.79 Å². The Bertz CT molecular complexity index is 874. The Labute approximate surface area is 168 Å². The summed E-state index contributed by atoms with van der Waals surface area (Å²) in [7, 11) is 1.32. The molecule has 1 N–H and O–H groups in total. The first-order chi connectivity index (χ1) is 13.6. The maximum absolute atomic E-state index is 12.5. The van der Waals surface area contributed by atoms with Crippen LogP contribution in [0.1, 0.15) is 15.9 Å². The van der Waals surface area contributed by atoms with Gasteiger partial charge in [0.1, 0.15) is 0 Å². The van der Waals surface area contributed by atoms with Crippen molar-refractivity contribution in [1.29, 1.82) is 0 Å². The van der Waals surface area contributed by atoms with Crippen molar-refractivity contribution in [3.63, 3.8) is 0 Å². The summed E-state index contributed by atoms with van der Waals surface area (Å²) in [6.07, 6.45) is 3.14. The molecule has 0 aliphatic carbocycles. The molecule has 28 heavy (non-hydrogen) atoms. The van der Waals surface area contributed by atoms with E-state index in [9.17, 15) is 9.59 Å². The molecule has 1 saturated heterocycles. The lowest BCUT2D eigenvalue weighted by atomic mass is 10.1. The number of ether oxygens (including phenoxy) is 2. The summed E-state index contributed by atoms with van der Waals surface area (Å²) in [4.78, 5) is 26.5. The Hall–Kier alpha value is -2.83. The Morgan fingerprint density at radius 2 is 1.86 bits per heavy atom. The number of anilines is 2. The van der Waals surface area contributed by atoms with Gasteiger partial charge in [0.05, 0.1) is 37.3 Å². The van der Waals surface area contributed by atoms with Gasteiger partial charge in [0.15, 0.2) is 0 Å². The van der Waals surface area contributed by atoms with Gasteiger partial charge in [-0.2, -0.15) is 0 Å². The average Bonchev–Trinajstić information content (AvgIpc) is 2.73. The van der Waals surface area contributed by atoms with E-state index in [0.29, 0.717) is 42.6 Å². The topological polar surface area (TPSA) is 67.9 Å². The van der Waals surface area contributed by atoms with E-state index in [1.54, 1.807) is 30.3 Å². The second kappa shape index (κ2) is 9.39. The van der Waals surface area contributed by atoms with E-state index in [-0.39, 0.29) is 5.91 Å². The molecule has 0 radical (unpaired) electrons. The largest absolute Gasteiger partial charge is 0.465 e. The first kappa shape index (κ1) is 19.9. The molecule has 1 amide bonds. The van der Waals surface area contributed by atoms with Crippen LogP contribution in [-0.2, 0) is 14.3 Å².